The van der Waals surface area contributed by atoms with Crippen molar-refractivity contribution < 1.29 is 0 Å². The molecule has 0 atom stereocenters. The van der Waals surface area contributed by atoms with E-state index in [0.29, 0.717) is 0 Å². The lowest BCUT2D eigenvalue weighted by Gasteiger charge is -2.40. The summed E-state index contributed by atoms with van der Waals surface area (Å²) < 4.78 is 0. The minimum atomic E-state index is 0.0695. The fourth-order valence-corrected chi connectivity index (χ4v) is 9.04. The standard InChI is InChI=1S/C32H38N4/c1-29(2)23-11-15-31(29,16-12-23)27-34-26(22-9-7-8-21(20-22)25-10-5-6-19-33-25)35-28(36-27)32-17-13-24(14-18-32)30(32,3)4/h5-10,19-20,23-24H,11-18H2,1-4H3. The molecule has 4 heteroatoms. The highest BCUT2D eigenvalue weighted by Crippen LogP contribution is 2.68. The van der Waals surface area contributed by atoms with Gasteiger partial charge in [-0.2, -0.15) is 0 Å². The molecule has 4 fully saturated rings. The first-order chi connectivity index (χ1) is 17.3. The van der Waals surface area contributed by atoms with Crippen LogP contribution in [0.25, 0.3) is 22.6 Å². The molecule has 0 N–H and O–H groups in total. The molecule has 2 aromatic heterocycles. The molecule has 4 aliphatic carbocycles. The molecule has 7 rings (SSSR count). The fourth-order valence-electron chi connectivity index (χ4n) is 9.04. The third kappa shape index (κ3) is 2.82. The molecule has 0 radical (unpaired) electrons. The highest BCUT2D eigenvalue weighted by molar-refractivity contribution is 5.68. The summed E-state index contributed by atoms with van der Waals surface area (Å²) in [6.07, 6.45) is 11.9. The first-order valence-corrected chi connectivity index (χ1v) is 14.1. The van der Waals surface area contributed by atoms with Crippen LogP contribution in [0, 0.1) is 22.7 Å². The third-order valence-corrected chi connectivity index (χ3v) is 11.8. The normalized spacial score (nSPS) is 33.3. The molecular weight excluding hydrogens is 440 g/mol. The number of pyridine rings is 1. The highest BCUT2D eigenvalue weighted by Gasteiger charge is 2.64. The quantitative estimate of drug-likeness (QED) is 0.389. The smallest absolute Gasteiger partial charge is 0.163 e. The molecule has 1 aromatic carbocycles. The maximum Gasteiger partial charge on any atom is 0.163 e. The van der Waals surface area contributed by atoms with Crippen LogP contribution in [0.2, 0.25) is 0 Å². The van der Waals surface area contributed by atoms with Gasteiger partial charge in [-0.1, -0.05) is 52.0 Å². The van der Waals surface area contributed by atoms with Crippen molar-refractivity contribution in [1.82, 2.24) is 19.9 Å². The van der Waals surface area contributed by atoms with Crippen LogP contribution in [0.1, 0.15) is 90.7 Å². The van der Waals surface area contributed by atoms with Gasteiger partial charge in [-0.3, -0.25) is 4.98 Å². The molecule has 2 heterocycles. The Hall–Kier alpha value is -2.62. The molecule has 0 unspecified atom stereocenters. The first-order valence-electron chi connectivity index (χ1n) is 14.1. The first kappa shape index (κ1) is 22.6. The van der Waals surface area contributed by atoms with Gasteiger partial charge < -0.3 is 0 Å². The Balaban J connectivity index is 1.42. The largest absolute Gasteiger partial charge is 0.256 e. The van der Waals surface area contributed by atoms with Gasteiger partial charge in [-0.15, -0.1) is 0 Å². The maximum atomic E-state index is 5.50. The number of aromatic nitrogens is 4. The van der Waals surface area contributed by atoms with Gasteiger partial charge in [0, 0.05) is 28.2 Å². The molecule has 0 amide bonds. The molecule has 4 aliphatic rings. The van der Waals surface area contributed by atoms with Crippen molar-refractivity contribution in [3.8, 4) is 22.6 Å². The van der Waals surface area contributed by atoms with Crippen molar-refractivity contribution in [3.63, 3.8) is 0 Å². The van der Waals surface area contributed by atoms with Crippen molar-refractivity contribution in [2.75, 3.05) is 0 Å². The maximum absolute atomic E-state index is 5.50. The highest BCUT2D eigenvalue weighted by atomic mass is 15.1. The summed E-state index contributed by atoms with van der Waals surface area (Å²) in [5, 5.41) is 0. The zero-order chi connectivity index (χ0) is 24.8. The van der Waals surface area contributed by atoms with E-state index in [1.54, 1.807) is 0 Å². The Morgan fingerprint density at radius 1 is 0.639 bits per heavy atom. The Bertz CT molecular complexity index is 1250. The monoisotopic (exact) mass is 478 g/mol. The van der Waals surface area contributed by atoms with Gasteiger partial charge in [0.15, 0.2) is 5.82 Å². The molecule has 4 nitrogen and oxygen atoms in total. The van der Waals surface area contributed by atoms with Crippen molar-refractivity contribution >= 4 is 0 Å². The summed E-state index contributed by atoms with van der Waals surface area (Å²) in [7, 11) is 0. The molecule has 186 valence electrons. The zero-order valence-corrected chi connectivity index (χ0v) is 22.2. The van der Waals surface area contributed by atoms with Gasteiger partial charge in [0.25, 0.3) is 0 Å². The van der Waals surface area contributed by atoms with Crippen molar-refractivity contribution in [1.29, 1.82) is 0 Å². The van der Waals surface area contributed by atoms with Crippen LogP contribution < -0.4 is 0 Å². The predicted octanol–water partition coefficient (Wildman–Crippen LogP) is 7.54. The van der Waals surface area contributed by atoms with Gasteiger partial charge in [0.1, 0.15) is 11.6 Å². The van der Waals surface area contributed by atoms with Crippen LogP contribution in [0.3, 0.4) is 0 Å². The molecule has 4 bridgehead atoms. The SMILES string of the molecule is CC1(C)C2CCC1(c1nc(-c3cccc(-c4ccccn4)c3)nc(C34CCC(CC3)C4(C)C)n1)CC2. The van der Waals surface area contributed by atoms with Gasteiger partial charge >= 0.3 is 0 Å². The number of fused-ring (bicyclic) bond motifs is 4. The van der Waals surface area contributed by atoms with E-state index >= 15 is 0 Å². The molecule has 3 aromatic rings. The van der Waals surface area contributed by atoms with E-state index in [9.17, 15) is 0 Å². The zero-order valence-electron chi connectivity index (χ0n) is 22.2. The van der Waals surface area contributed by atoms with Gasteiger partial charge in [0.2, 0.25) is 0 Å². The van der Waals surface area contributed by atoms with E-state index in [2.05, 4.69) is 63.0 Å². The van der Waals surface area contributed by atoms with E-state index in [1.807, 2.05) is 18.3 Å². The Labute approximate surface area is 215 Å². The van der Waals surface area contributed by atoms with Crippen LogP contribution in [0.4, 0.5) is 0 Å². The van der Waals surface area contributed by atoms with Gasteiger partial charge in [-0.05, 0) is 92.2 Å². The molecule has 0 saturated heterocycles. The number of nitrogens with zero attached hydrogens (tertiary/aromatic N) is 4. The summed E-state index contributed by atoms with van der Waals surface area (Å²) >= 11 is 0. The molecule has 36 heavy (non-hydrogen) atoms. The topological polar surface area (TPSA) is 51.6 Å². The second kappa shape index (κ2) is 7.46. The summed E-state index contributed by atoms with van der Waals surface area (Å²) in [4.78, 5) is 20.8. The van der Waals surface area contributed by atoms with Crippen LogP contribution in [0.5, 0.6) is 0 Å². The summed E-state index contributed by atoms with van der Waals surface area (Å²) in [5.41, 5.74) is 3.78. The lowest BCUT2D eigenvalue weighted by atomic mass is 9.67. The van der Waals surface area contributed by atoms with Crippen LogP contribution in [0.15, 0.2) is 48.7 Å². The number of rotatable bonds is 4. The lowest BCUT2D eigenvalue weighted by Crippen LogP contribution is -2.40. The van der Waals surface area contributed by atoms with Gasteiger partial charge in [0.05, 0.1) is 5.69 Å². The minimum absolute atomic E-state index is 0.0695. The average Bonchev–Trinajstić information content (AvgIpc) is 3.53. The van der Waals surface area contributed by atoms with E-state index in [-0.39, 0.29) is 21.7 Å². The second-order valence-electron chi connectivity index (χ2n) is 13.3. The van der Waals surface area contributed by atoms with Gasteiger partial charge in [-0.25, -0.2) is 15.0 Å². The minimum Gasteiger partial charge on any atom is -0.256 e. The van der Waals surface area contributed by atoms with Crippen molar-refractivity contribution in [2.45, 2.75) is 89.9 Å². The Morgan fingerprint density at radius 3 is 1.67 bits per heavy atom. The Morgan fingerprint density at radius 2 is 1.19 bits per heavy atom. The van der Waals surface area contributed by atoms with Crippen molar-refractivity contribution in [2.24, 2.45) is 22.7 Å². The summed E-state index contributed by atoms with van der Waals surface area (Å²) in [6.45, 7) is 9.91. The fraction of sp³-hybridized carbons (Fsp3) is 0.562. The summed E-state index contributed by atoms with van der Waals surface area (Å²) in [5.74, 6) is 4.58. The van der Waals surface area contributed by atoms with Crippen LogP contribution in [-0.4, -0.2) is 19.9 Å². The van der Waals surface area contributed by atoms with E-state index < -0.39 is 0 Å². The molecule has 4 saturated carbocycles. The molecule has 0 aliphatic heterocycles. The summed E-state index contributed by atoms with van der Waals surface area (Å²) in [6, 6.07) is 14.7. The van der Waals surface area contributed by atoms with E-state index in [1.165, 1.54) is 51.4 Å². The number of hydrogen-bond donors (Lipinski definition) is 0. The van der Waals surface area contributed by atoms with E-state index in [0.717, 1.165) is 46.1 Å². The molecular formula is C32H38N4. The predicted molar refractivity (Wildman–Crippen MR) is 143 cm³/mol. The third-order valence-electron chi connectivity index (χ3n) is 11.8. The van der Waals surface area contributed by atoms with Crippen LogP contribution >= 0.6 is 0 Å². The van der Waals surface area contributed by atoms with E-state index in [4.69, 9.17) is 15.0 Å². The molecule has 0 spiro atoms. The van der Waals surface area contributed by atoms with Crippen molar-refractivity contribution in [3.05, 3.63) is 60.3 Å². The average molecular weight is 479 g/mol. The van der Waals surface area contributed by atoms with Crippen LogP contribution in [-0.2, 0) is 10.8 Å². The second-order valence-corrected chi connectivity index (χ2v) is 13.3. The number of benzene rings is 1. The Kier molecular flexibility index (Phi) is 4.68. The number of hydrogen-bond acceptors (Lipinski definition) is 4. The lowest BCUT2D eigenvalue weighted by molar-refractivity contribution is 0.190.